The summed E-state index contributed by atoms with van der Waals surface area (Å²) in [6, 6.07) is 24.9. The molecule has 0 aromatic heterocycles. The highest BCUT2D eigenvalue weighted by molar-refractivity contribution is 6.35. The molecule has 27 heavy (non-hydrogen) atoms. The molecule has 4 rings (SSSR count). The maximum Gasteiger partial charge on any atom is 0.264 e. The van der Waals surface area contributed by atoms with Crippen LogP contribution >= 0.6 is 11.6 Å². The fourth-order valence-corrected chi connectivity index (χ4v) is 3.18. The van der Waals surface area contributed by atoms with Crippen molar-refractivity contribution in [2.24, 2.45) is 11.0 Å². The van der Waals surface area contributed by atoms with Crippen LogP contribution in [-0.4, -0.2) is 17.4 Å². The highest BCUT2D eigenvalue weighted by atomic mass is 35.5. The lowest BCUT2D eigenvalue weighted by Crippen LogP contribution is -2.33. The average Bonchev–Trinajstić information content (AvgIpc) is 3.06. The van der Waals surface area contributed by atoms with Crippen molar-refractivity contribution in [2.75, 3.05) is 5.01 Å². The lowest BCUT2D eigenvalue weighted by atomic mass is 9.89. The third-order valence-corrected chi connectivity index (χ3v) is 4.65. The Morgan fingerprint density at radius 1 is 0.852 bits per heavy atom. The highest BCUT2D eigenvalue weighted by Crippen LogP contribution is 2.29. The van der Waals surface area contributed by atoms with Crippen molar-refractivity contribution in [3.05, 3.63) is 101 Å². The Bertz CT molecular complexity index is 1020. The predicted octanol–water partition coefficient (Wildman–Crippen LogP) is 4.59. The molecule has 0 aliphatic carbocycles. The first-order valence-electron chi connectivity index (χ1n) is 8.48. The summed E-state index contributed by atoms with van der Waals surface area (Å²) in [6.45, 7) is 0. The van der Waals surface area contributed by atoms with Crippen molar-refractivity contribution in [2.45, 2.75) is 0 Å². The Kier molecular flexibility index (Phi) is 4.57. The van der Waals surface area contributed by atoms with Crippen molar-refractivity contribution < 1.29 is 9.59 Å². The van der Waals surface area contributed by atoms with Gasteiger partial charge in [-0.15, -0.1) is 0 Å². The monoisotopic (exact) mass is 374 g/mol. The topological polar surface area (TPSA) is 49.7 Å². The number of hydrogen-bond donors (Lipinski definition) is 0. The number of anilines is 1. The first-order valence-corrected chi connectivity index (χ1v) is 8.85. The third kappa shape index (κ3) is 3.27. The summed E-state index contributed by atoms with van der Waals surface area (Å²) >= 11 is 5.98. The molecule has 5 heteroatoms. The van der Waals surface area contributed by atoms with E-state index in [1.807, 2.05) is 24.3 Å². The van der Waals surface area contributed by atoms with Gasteiger partial charge in [0.2, 0.25) is 0 Å². The normalized spacial score (nSPS) is 16.3. The van der Waals surface area contributed by atoms with E-state index in [9.17, 15) is 9.59 Å². The van der Waals surface area contributed by atoms with Crippen molar-refractivity contribution in [3.8, 4) is 0 Å². The Labute approximate surface area is 161 Å². The number of hydrogen-bond acceptors (Lipinski definition) is 3. The van der Waals surface area contributed by atoms with Crippen LogP contribution in [0, 0.1) is 5.92 Å². The molecule has 1 aliphatic heterocycles. The Balaban J connectivity index is 1.80. The summed E-state index contributed by atoms with van der Waals surface area (Å²) in [4.78, 5) is 26.3. The smallest absolute Gasteiger partial charge is 0.264 e. The second kappa shape index (κ2) is 7.17. The van der Waals surface area contributed by atoms with Gasteiger partial charge in [0.25, 0.3) is 5.91 Å². The zero-order valence-corrected chi connectivity index (χ0v) is 15.0. The first-order chi connectivity index (χ1) is 13.1. The molecule has 0 unspecified atom stereocenters. The van der Waals surface area contributed by atoms with Gasteiger partial charge < -0.3 is 0 Å². The molecule has 0 spiro atoms. The molecule has 1 amide bonds. The molecular formula is C22H15ClN2O2. The molecule has 1 heterocycles. The van der Waals surface area contributed by atoms with E-state index in [0.717, 1.165) is 0 Å². The number of carbonyl (C=O) groups is 2. The number of nitrogens with zero attached hydrogens (tertiary/aromatic N) is 2. The number of halogens is 1. The fourth-order valence-electron chi connectivity index (χ4n) is 3.06. The van der Waals surface area contributed by atoms with Crippen LogP contribution in [0.5, 0.6) is 0 Å². The van der Waals surface area contributed by atoms with Crippen LogP contribution in [0.15, 0.2) is 90.0 Å². The summed E-state index contributed by atoms with van der Waals surface area (Å²) in [5.41, 5.74) is 2.22. The van der Waals surface area contributed by atoms with E-state index in [-0.39, 0.29) is 11.7 Å². The van der Waals surface area contributed by atoms with Gasteiger partial charge in [0, 0.05) is 10.6 Å². The molecule has 3 aromatic rings. The quantitative estimate of drug-likeness (QED) is 0.495. The van der Waals surface area contributed by atoms with Crippen LogP contribution in [0.4, 0.5) is 5.69 Å². The molecular weight excluding hydrogens is 360 g/mol. The van der Waals surface area contributed by atoms with Crippen LogP contribution in [0.3, 0.4) is 0 Å². The average molecular weight is 375 g/mol. The molecule has 0 fully saturated rings. The number of carbonyl (C=O) groups excluding carboxylic acids is 2. The summed E-state index contributed by atoms with van der Waals surface area (Å²) in [6.07, 6.45) is 0. The first kappa shape index (κ1) is 17.2. The Hall–Kier alpha value is -3.24. The molecule has 1 atom stereocenters. The maximum absolute atomic E-state index is 13.1. The van der Waals surface area contributed by atoms with Crippen molar-refractivity contribution >= 4 is 34.7 Å². The molecule has 0 N–H and O–H groups in total. The van der Waals surface area contributed by atoms with Crippen LogP contribution in [-0.2, 0) is 4.79 Å². The minimum absolute atomic E-state index is 0.271. The van der Waals surface area contributed by atoms with Gasteiger partial charge in [-0.3, -0.25) is 9.59 Å². The van der Waals surface area contributed by atoms with Crippen LogP contribution in [0.2, 0.25) is 5.02 Å². The summed E-state index contributed by atoms with van der Waals surface area (Å²) < 4.78 is 0. The van der Waals surface area contributed by atoms with Gasteiger partial charge in [-0.2, -0.15) is 10.1 Å². The van der Waals surface area contributed by atoms with Gasteiger partial charge in [0.1, 0.15) is 5.92 Å². The molecule has 0 bridgehead atoms. The third-order valence-electron chi connectivity index (χ3n) is 4.40. The van der Waals surface area contributed by atoms with Gasteiger partial charge in [-0.05, 0) is 29.8 Å². The lowest BCUT2D eigenvalue weighted by Gasteiger charge is -2.14. The van der Waals surface area contributed by atoms with Crippen molar-refractivity contribution in [3.63, 3.8) is 0 Å². The van der Waals surface area contributed by atoms with Gasteiger partial charge >= 0.3 is 0 Å². The molecule has 1 aliphatic rings. The Morgan fingerprint density at radius 3 is 2.07 bits per heavy atom. The van der Waals surface area contributed by atoms with E-state index in [1.54, 1.807) is 60.7 Å². The van der Waals surface area contributed by atoms with E-state index in [2.05, 4.69) is 5.10 Å². The van der Waals surface area contributed by atoms with Gasteiger partial charge in [0.15, 0.2) is 5.78 Å². The SMILES string of the molecule is O=C(c1ccccc1)[C@@H]1C(=O)N(c2ccccc2)N=C1c1ccc(Cl)cc1. The summed E-state index contributed by atoms with van der Waals surface area (Å²) in [5.74, 6) is -1.62. The van der Waals surface area contributed by atoms with E-state index >= 15 is 0 Å². The number of benzene rings is 3. The zero-order valence-electron chi connectivity index (χ0n) is 14.2. The predicted molar refractivity (Wildman–Crippen MR) is 106 cm³/mol. The molecule has 3 aromatic carbocycles. The van der Waals surface area contributed by atoms with Crippen LogP contribution in [0.1, 0.15) is 15.9 Å². The maximum atomic E-state index is 13.1. The molecule has 0 saturated heterocycles. The van der Waals surface area contributed by atoms with E-state index in [1.165, 1.54) is 5.01 Å². The number of ketones is 1. The fraction of sp³-hybridized carbons (Fsp3) is 0.0455. The number of amides is 1. The van der Waals surface area contributed by atoms with E-state index in [0.29, 0.717) is 27.5 Å². The van der Waals surface area contributed by atoms with Crippen molar-refractivity contribution in [1.82, 2.24) is 0 Å². The van der Waals surface area contributed by atoms with Crippen LogP contribution < -0.4 is 5.01 Å². The standard InChI is InChI=1S/C22H15ClN2O2/c23-17-13-11-15(12-14-17)20-19(21(26)16-7-3-1-4-8-16)22(27)25(24-20)18-9-5-2-6-10-18/h1-14,19H/t19-/m1/s1. The second-order valence-electron chi connectivity index (χ2n) is 6.14. The Morgan fingerprint density at radius 2 is 1.44 bits per heavy atom. The number of hydrazone groups is 1. The lowest BCUT2D eigenvalue weighted by molar-refractivity contribution is -0.118. The highest BCUT2D eigenvalue weighted by Gasteiger charge is 2.42. The minimum atomic E-state index is -0.992. The van der Waals surface area contributed by atoms with E-state index in [4.69, 9.17) is 11.6 Å². The number of para-hydroxylation sites is 1. The zero-order chi connectivity index (χ0) is 18.8. The van der Waals surface area contributed by atoms with E-state index < -0.39 is 5.92 Å². The second-order valence-corrected chi connectivity index (χ2v) is 6.58. The molecule has 0 radical (unpaired) electrons. The van der Waals surface area contributed by atoms with Crippen molar-refractivity contribution in [1.29, 1.82) is 0 Å². The van der Waals surface area contributed by atoms with Gasteiger partial charge in [-0.1, -0.05) is 72.3 Å². The molecule has 0 saturated carbocycles. The van der Waals surface area contributed by atoms with Gasteiger partial charge in [-0.25, -0.2) is 0 Å². The number of rotatable bonds is 4. The summed E-state index contributed by atoms with van der Waals surface area (Å²) in [5, 5.41) is 6.38. The molecule has 4 nitrogen and oxygen atoms in total. The van der Waals surface area contributed by atoms with Gasteiger partial charge in [0.05, 0.1) is 11.4 Å². The molecule has 132 valence electrons. The number of Topliss-reactive ketones (excluding diaryl/α,β-unsaturated/α-hetero) is 1. The minimum Gasteiger partial charge on any atom is -0.293 e. The summed E-state index contributed by atoms with van der Waals surface area (Å²) in [7, 11) is 0. The van der Waals surface area contributed by atoms with Crippen LogP contribution in [0.25, 0.3) is 0 Å². The largest absolute Gasteiger partial charge is 0.293 e.